The zero-order valence-electron chi connectivity index (χ0n) is 30.0. The van der Waals surface area contributed by atoms with Crippen LogP contribution in [0.1, 0.15) is 93.5 Å². The Morgan fingerprint density at radius 1 is 0.962 bits per heavy atom. The molecule has 0 aromatic carbocycles. The molecule has 4 atom stereocenters. The SMILES string of the molecule is CCCC1NC(=O)C(C2=NC(C)CC2)=C1C(Cc1csc(CCc2csc(CNC(=O)CC3=C(C4=NCCC4)C(=O)NC3CC)n2)n1)C(=O)NCO. The second-order valence-corrected chi connectivity index (χ2v) is 15.6. The molecule has 0 spiro atoms. The molecule has 2 aromatic heterocycles. The molecule has 0 radical (unpaired) electrons. The van der Waals surface area contributed by atoms with Crippen molar-refractivity contribution in [3.63, 3.8) is 0 Å². The summed E-state index contributed by atoms with van der Waals surface area (Å²) >= 11 is 3.02. The van der Waals surface area contributed by atoms with Gasteiger partial charge in [-0.1, -0.05) is 20.3 Å². The first kappa shape index (κ1) is 37.7. The van der Waals surface area contributed by atoms with Gasteiger partial charge in [0.25, 0.3) is 11.8 Å². The molecule has 52 heavy (non-hydrogen) atoms. The van der Waals surface area contributed by atoms with Gasteiger partial charge in [-0.2, -0.15) is 0 Å². The van der Waals surface area contributed by atoms with Gasteiger partial charge < -0.3 is 26.4 Å². The fraction of sp³-hybridized carbons (Fsp3) is 0.568. The van der Waals surface area contributed by atoms with Gasteiger partial charge in [0, 0.05) is 47.6 Å². The molecule has 2 aromatic rings. The maximum atomic E-state index is 13.5. The van der Waals surface area contributed by atoms with Crippen molar-refractivity contribution in [1.29, 1.82) is 0 Å². The molecule has 0 bridgehead atoms. The van der Waals surface area contributed by atoms with Crippen LogP contribution in [0, 0.1) is 5.92 Å². The highest BCUT2D eigenvalue weighted by Crippen LogP contribution is 2.34. The van der Waals surface area contributed by atoms with Gasteiger partial charge in [-0.15, -0.1) is 22.7 Å². The Morgan fingerprint density at radius 2 is 1.71 bits per heavy atom. The van der Waals surface area contributed by atoms with Crippen LogP contribution in [0.25, 0.3) is 0 Å². The second-order valence-electron chi connectivity index (χ2n) is 13.7. The number of amides is 4. The van der Waals surface area contributed by atoms with Crippen molar-refractivity contribution < 1.29 is 24.3 Å². The van der Waals surface area contributed by atoms with Gasteiger partial charge in [-0.25, -0.2) is 9.97 Å². The summed E-state index contributed by atoms with van der Waals surface area (Å²) in [4.78, 5) is 71.3. The van der Waals surface area contributed by atoms with Gasteiger partial charge in [-0.05, 0) is 63.0 Å². The van der Waals surface area contributed by atoms with Crippen molar-refractivity contribution in [2.45, 2.75) is 116 Å². The monoisotopic (exact) mass is 748 g/mol. The number of nitrogens with one attached hydrogen (secondary N) is 4. The summed E-state index contributed by atoms with van der Waals surface area (Å²) in [6, 6.07) is -0.295. The predicted molar refractivity (Wildman–Crippen MR) is 201 cm³/mol. The summed E-state index contributed by atoms with van der Waals surface area (Å²) in [5.41, 5.74) is 5.96. The molecular formula is C37H48N8O5S2. The third-order valence-corrected chi connectivity index (χ3v) is 11.9. The maximum absolute atomic E-state index is 13.5. The number of aliphatic hydroxyl groups excluding tert-OH is 1. The molecule has 5 N–H and O–H groups in total. The van der Waals surface area contributed by atoms with Crippen molar-refractivity contribution in [3.8, 4) is 0 Å². The summed E-state index contributed by atoms with van der Waals surface area (Å²) in [7, 11) is 0. The van der Waals surface area contributed by atoms with Crippen LogP contribution in [0.3, 0.4) is 0 Å². The molecule has 4 unspecified atom stereocenters. The first-order chi connectivity index (χ1) is 25.2. The van der Waals surface area contributed by atoms with Gasteiger partial charge in [0.15, 0.2) is 0 Å². The summed E-state index contributed by atoms with van der Waals surface area (Å²) in [6.45, 7) is 6.62. The molecule has 4 aliphatic heterocycles. The largest absolute Gasteiger partial charge is 0.377 e. The number of rotatable bonds is 17. The Bertz CT molecular complexity index is 1820. The number of aryl methyl sites for hydroxylation is 2. The molecule has 13 nitrogen and oxygen atoms in total. The quantitative estimate of drug-likeness (QED) is 0.154. The molecule has 4 amide bonds. The van der Waals surface area contributed by atoms with Crippen LogP contribution in [-0.2, 0) is 45.0 Å². The molecule has 4 aliphatic rings. The van der Waals surface area contributed by atoms with Gasteiger partial charge in [-0.3, -0.25) is 29.2 Å². The molecule has 15 heteroatoms. The lowest BCUT2D eigenvalue weighted by Crippen LogP contribution is -2.38. The molecular weight excluding hydrogens is 701 g/mol. The number of carbonyl (C=O) groups is 4. The number of nitrogens with zero attached hydrogens (tertiary/aromatic N) is 4. The van der Waals surface area contributed by atoms with E-state index in [4.69, 9.17) is 15.0 Å². The number of carbonyl (C=O) groups excluding carboxylic acids is 4. The first-order valence-electron chi connectivity index (χ1n) is 18.4. The molecule has 0 fully saturated rings. The number of aromatic nitrogens is 2. The van der Waals surface area contributed by atoms with E-state index in [1.165, 1.54) is 22.7 Å². The Hall–Kier alpha value is -4.08. The third kappa shape index (κ3) is 8.58. The fourth-order valence-electron chi connectivity index (χ4n) is 7.53. The minimum Gasteiger partial charge on any atom is -0.377 e. The van der Waals surface area contributed by atoms with E-state index in [2.05, 4.69) is 33.2 Å². The molecule has 6 rings (SSSR count). The smallest absolute Gasteiger partial charge is 0.253 e. The summed E-state index contributed by atoms with van der Waals surface area (Å²) < 4.78 is 0. The van der Waals surface area contributed by atoms with Crippen molar-refractivity contribution in [3.05, 3.63) is 54.5 Å². The zero-order valence-corrected chi connectivity index (χ0v) is 31.7. The van der Waals surface area contributed by atoms with Crippen molar-refractivity contribution in [1.82, 2.24) is 31.2 Å². The minimum atomic E-state index is -0.680. The lowest BCUT2D eigenvalue weighted by atomic mass is 9.84. The van der Waals surface area contributed by atoms with Crippen LogP contribution in [0.2, 0.25) is 0 Å². The van der Waals surface area contributed by atoms with E-state index in [1.807, 2.05) is 24.6 Å². The molecule has 0 saturated carbocycles. The normalized spacial score (nSPS) is 22.1. The Balaban J connectivity index is 1.07. The van der Waals surface area contributed by atoms with E-state index >= 15 is 0 Å². The highest BCUT2D eigenvalue weighted by molar-refractivity contribution is 7.10. The lowest BCUT2D eigenvalue weighted by molar-refractivity contribution is -0.125. The number of aliphatic hydroxyl groups is 1. The molecule has 278 valence electrons. The predicted octanol–water partition coefficient (Wildman–Crippen LogP) is 3.27. The average molecular weight is 749 g/mol. The maximum Gasteiger partial charge on any atom is 0.253 e. The van der Waals surface area contributed by atoms with Crippen molar-refractivity contribution >= 4 is 57.7 Å². The van der Waals surface area contributed by atoms with E-state index in [1.54, 1.807) is 0 Å². The summed E-state index contributed by atoms with van der Waals surface area (Å²) in [5.74, 6) is -1.47. The number of thiazole rings is 2. The van der Waals surface area contributed by atoms with Crippen molar-refractivity contribution in [2.24, 2.45) is 15.9 Å². The lowest BCUT2D eigenvalue weighted by Gasteiger charge is -2.23. The first-order valence-corrected chi connectivity index (χ1v) is 20.2. The van der Waals surface area contributed by atoms with Gasteiger partial charge in [0.2, 0.25) is 11.8 Å². The average Bonchev–Trinajstić information content (AvgIpc) is 3.97. The van der Waals surface area contributed by atoms with Crippen LogP contribution in [-0.4, -0.2) is 81.5 Å². The van der Waals surface area contributed by atoms with Crippen LogP contribution >= 0.6 is 22.7 Å². The Kier molecular flexibility index (Phi) is 12.4. The highest BCUT2D eigenvalue weighted by atomic mass is 32.1. The van der Waals surface area contributed by atoms with Gasteiger partial charge in [0.1, 0.15) is 11.7 Å². The summed E-state index contributed by atoms with van der Waals surface area (Å²) in [5, 5.41) is 26.9. The van der Waals surface area contributed by atoms with Crippen LogP contribution in [0.4, 0.5) is 0 Å². The third-order valence-electron chi connectivity index (χ3n) is 10.0. The van der Waals surface area contributed by atoms with Crippen LogP contribution in [0.5, 0.6) is 0 Å². The van der Waals surface area contributed by atoms with Crippen LogP contribution in [0.15, 0.2) is 43.0 Å². The van der Waals surface area contributed by atoms with E-state index in [9.17, 15) is 24.3 Å². The van der Waals surface area contributed by atoms with E-state index in [0.717, 1.165) is 76.2 Å². The van der Waals surface area contributed by atoms with E-state index < -0.39 is 12.6 Å². The fourth-order valence-corrected chi connectivity index (χ4v) is 9.11. The van der Waals surface area contributed by atoms with Gasteiger partial charge >= 0.3 is 0 Å². The second kappa shape index (κ2) is 17.2. The molecule has 6 heterocycles. The summed E-state index contributed by atoms with van der Waals surface area (Å²) in [6.07, 6.45) is 7.29. The number of aliphatic imine (C=N–C) groups is 2. The van der Waals surface area contributed by atoms with E-state index in [-0.39, 0.29) is 48.2 Å². The minimum absolute atomic E-state index is 0.126. The Morgan fingerprint density at radius 3 is 2.42 bits per heavy atom. The number of hydrogen-bond donors (Lipinski definition) is 5. The number of hydrogen-bond acceptors (Lipinski definition) is 11. The topological polar surface area (TPSA) is 187 Å². The molecule has 0 saturated heterocycles. The van der Waals surface area contributed by atoms with Gasteiger partial charge in [0.05, 0.1) is 58.5 Å². The van der Waals surface area contributed by atoms with E-state index in [0.29, 0.717) is 56.2 Å². The Labute approximate surface area is 312 Å². The standard InChI is InChI=1S/C37H48N8O5S2/c1-4-7-27-32(34(37(50)45-27)28-11-9-20(3)41-28)24(35(48)40-19-46)14-22-18-51-30(43-22)12-10-21-17-52-31(42-21)16-39-29(47)15-23-25(5-2)44-36(49)33(23)26-8-6-13-38-26/h17-18,20,24-25,27,46H,4-16,19H2,1-3H3,(H,39,47)(H,40,48)(H,44,49)(H,45,50). The molecule has 0 aliphatic carbocycles. The van der Waals surface area contributed by atoms with Crippen LogP contribution < -0.4 is 21.3 Å². The zero-order chi connectivity index (χ0) is 36.8. The van der Waals surface area contributed by atoms with Crippen molar-refractivity contribution in [2.75, 3.05) is 13.3 Å². The highest BCUT2D eigenvalue weighted by Gasteiger charge is 2.41.